The predicted molar refractivity (Wildman–Crippen MR) is 93.0 cm³/mol. The first-order valence-corrected chi connectivity index (χ1v) is 9.47. The van der Waals surface area contributed by atoms with Crippen LogP contribution in [0.4, 0.5) is 0 Å². The maximum Gasteiger partial charge on any atom is 0.246 e. The van der Waals surface area contributed by atoms with E-state index >= 15 is 0 Å². The molecule has 1 unspecified atom stereocenters. The highest BCUT2D eigenvalue weighted by atomic mass is 32.2. The number of allylic oxidation sites excluding steroid dienone is 3. The Morgan fingerprint density at radius 2 is 2.00 bits per heavy atom. The lowest BCUT2D eigenvalue weighted by molar-refractivity contribution is 0.312. The number of likely N-dealkylation sites (N-methyl/N-ethyl adjacent to an activating group) is 1. The minimum atomic E-state index is -3.44. The molecule has 0 spiro atoms. The van der Waals surface area contributed by atoms with E-state index < -0.39 is 15.3 Å². The van der Waals surface area contributed by atoms with Crippen LogP contribution in [0.2, 0.25) is 0 Å². The number of hydrogen-bond acceptors (Lipinski definition) is 3. The number of rotatable bonds is 2. The molecule has 4 rings (SSSR count). The van der Waals surface area contributed by atoms with Crippen LogP contribution in [0.15, 0.2) is 48.6 Å². The summed E-state index contributed by atoms with van der Waals surface area (Å²) < 4.78 is 28.2. The molecule has 23 heavy (non-hydrogen) atoms. The lowest BCUT2D eigenvalue weighted by atomic mass is 10.1. The van der Waals surface area contributed by atoms with Gasteiger partial charge in [0.1, 0.15) is 5.25 Å². The summed E-state index contributed by atoms with van der Waals surface area (Å²) in [5.41, 5.74) is 2.94. The third-order valence-electron chi connectivity index (χ3n) is 4.78. The molecule has 0 amide bonds. The Bertz CT molecular complexity index is 922. The van der Waals surface area contributed by atoms with Crippen molar-refractivity contribution in [3.8, 4) is 0 Å². The molecular weight excluding hydrogens is 308 g/mol. The number of hydrogen-bond donors (Lipinski definition) is 0. The molecule has 2 aromatic rings. The molecule has 0 N–H and O–H groups in total. The summed E-state index contributed by atoms with van der Waals surface area (Å²) in [5, 5.41) is 0.583. The highest BCUT2D eigenvalue weighted by Crippen LogP contribution is 2.33. The highest BCUT2D eigenvalue weighted by molar-refractivity contribution is 7.90. The van der Waals surface area contributed by atoms with E-state index in [0.717, 1.165) is 41.7 Å². The Morgan fingerprint density at radius 3 is 2.78 bits per heavy atom. The molecule has 2 aliphatic rings. The number of nitrogens with zero attached hydrogens (tertiary/aromatic N) is 2. The molecule has 1 aliphatic heterocycles. The molecule has 0 bridgehead atoms. The third kappa shape index (κ3) is 2.26. The number of fused-ring (bicyclic) bond motifs is 3. The van der Waals surface area contributed by atoms with Crippen LogP contribution in [0.1, 0.15) is 17.7 Å². The fourth-order valence-electron chi connectivity index (χ4n) is 3.61. The molecular formula is C18H20N2O2S. The molecule has 4 nitrogen and oxygen atoms in total. The molecule has 1 atom stereocenters. The van der Waals surface area contributed by atoms with Crippen molar-refractivity contribution in [2.24, 2.45) is 0 Å². The molecule has 2 heterocycles. The standard InChI is InChI=1S/C18H20N2O2S/c1-19-12-11-18-16(13-19)15-9-5-6-10-17(15)20(18)23(21,22)14-7-3-2-4-8-14/h2-7,9-10,14H,8,11-13H2,1H3. The summed E-state index contributed by atoms with van der Waals surface area (Å²) in [5.74, 6) is 0. The van der Waals surface area contributed by atoms with Gasteiger partial charge >= 0.3 is 0 Å². The summed E-state index contributed by atoms with van der Waals surface area (Å²) in [6.07, 6.45) is 8.77. The molecule has 0 fully saturated rings. The minimum absolute atomic E-state index is 0.480. The topological polar surface area (TPSA) is 42.3 Å². The smallest absolute Gasteiger partial charge is 0.246 e. The zero-order valence-electron chi connectivity index (χ0n) is 13.1. The molecule has 1 aliphatic carbocycles. The molecule has 0 saturated heterocycles. The third-order valence-corrected chi connectivity index (χ3v) is 6.82. The van der Waals surface area contributed by atoms with E-state index in [2.05, 4.69) is 11.9 Å². The summed E-state index contributed by atoms with van der Waals surface area (Å²) >= 11 is 0. The second-order valence-corrected chi connectivity index (χ2v) is 8.33. The van der Waals surface area contributed by atoms with Crippen molar-refractivity contribution in [1.29, 1.82) is 0 Å². The van der Waals surface area contributed by atoms with Gasteiger partial charge < -0.3 is 4.90 Å². The van der Waals surface area contributed by atoms with Crippen molar-refractivity contribution < 1.29 is 8.42 Å². The van der Waals surface area contributed by atoms with E-state index in [-0.39, 0.29) is 0 Å². The molecule has 1 aromatic heterocycles. The Labute approximate surface area is 136 Å². The van der Waals surface area contributed by atoms with Crippen LogP contribution in [0.3, 0.4) is 0 Å². The van der Waals surface area contributed by atoms with Gasteiger partial charge in [-0.1, -0.05) is 42.5 Å². The van der Waals surface area contributed by atoms with Crippen LogP contribution in [-0.4, -0.2) is 36.1 Å². The monoisotopic (exact) mass is 328 g/mol. The van der Waals surface area contributed by atoms with Gasteiger partial charge in [0, 0.05) is 30.6 Å². The van der Waals surface area contributed by atoms with E-state index in [4.69, 9.17) is 0 Å². The van der Waals surface area contributed by atoms with Gasteiger partial charge in [-0.2, -0.15) is 0 Å². The van der Waals surface area contributed by atoms with Crippen LogP contribution < -0.4 is 0 Å². The summed E-state index contributed by atoms with van der Waals surface area (Å²) in [7, 11) is -1.36. The van der Waals surface area contributed by atoms with Crippen molar-refractivity contribution in [2.45, 2.75) is 24.6 Å². The molecule has 120 valence electrons. The van der Waals surface area contributed by atoms with Gasteiger partial charge in [-0.15, -0.1) is 0 Å². The first-order chi connectivity index (χ1) is 11.1. The average molecular weight is 328 g/mol. The molecule has 5 heteroatoms. The van der Waals surface area contributed by atoms with E-state index in [0.29, 0.717) is 6.42 Å². The van der Waals surface area contributed by atoms with Gasteiger partial charge in [-0.25, -0.2) is 12.4 Å². The predicted octanol–water partition coefficient (Wildman–Crippen LogP) is 2.69. The van der Waals surface area contributed by atoms with E-state index in [1.165, 1.54) is 0 Å². The van der Waals surface area contributed by atoms with Crippen LogP contribution in [0.5, 0.6) is 0 Å². The molecule has 0 saturated carbocycles. The van der Waals surface area contributed by atoms with Crippen LogP contribution in [0.25, 0.3) is 10.9 Å². The van der Waals surface area contributed by atoms with Gasteiger partial charge in [0.05, 0.1) is 5.52 Å². The van der Waals surface area contributed by atoms with Gasteiger partial charge in [0.15, 0.2) is 0 Å². The van der Waals surface area contributed by atoms with Crippen molar-refractivity contribution in [3.63, 3.8) is 0 Å². The summed E-state index contributed by atoms with van der Waals surface area (Å²) in [6, 6.07) is 7.86. The highest BCUT2D eigenvalue weighted by Gasteiger charge is 2.32. The van der Waals surface area contributed by atoms with Gasteiger partial charge in [-0.3, -0.25) is 0 Å². The van der Waals surface area contributed by atoms with Crippen molar-refractivity contribution in [1.82, 2.24) is 8.87 Å². The van der Waals surface area contributed by atoms with Gasteiger partial charge in [-0.05, 0) is 25.1 Å². The number of benzene rings is 1. The van der Waals surface area contributed by atoms with Gasteiger partial charge in [0.25, 0.3) is 0 Å². The lowest BCUT2D eigenvalue weighted by Gasteiger charge is -2.25. The number of aromatic nitrogens is 1. The minimum Gasteiger partial charge on any atom is -0.302 e. The second-order valence-electron chi connectivity index (χ2n) is 6.33. The lowest BCUT2D eigenvalue weighted by Crippen LogP contribution is -2.32. The van der Waals surface area contributed by atoms with Crippen LogP contribution in [0, 0.1) is 0 Å². The SMILES string of the molecule is CN1CCc2c(c3ccccc3n2S(=O)(=O)C2C=CC=CC2)C1. The number of para-hydroxylation sites is 1. The van der Waals surface area contributed by atoms with E-state index in [1.807, 2.05) is 42.5 Å². The Balaban J connectivity index is 1.97. The fourth-order valence-corrected chi connectivity index (χ4v) is 5.47. The van der Waals surface area contributed by atoms with Crippen LogP contribution in [-0.2, 0) is 23.0 Å². The van der Waals surface area contributed by atoms with E-state index in [1.54, 1.807) is 10.0 Å². The first-order valence-electron chi connectivity index (χ1n) is 7.96. The Morgan fingerprint density at radius 1 is 1.17 bits per heavy atom. The summed E-state index contributed by atoms with van der Waals surface area (Å²) in [4.78, 5) is 2.25. The zero-order valence-corrected chi connectivity index (χ0v) is 14.0. The average Bonchev–Trinajstić information content (AvgIpc) is 2.90. The maximum atomic E-state index is 13.3. The molecule has 0 radical (unpaired) electrons. The normalized spacial score (nSPS) is 21.7. The fraction of sp³-hybridized carbons (Fsp3) is 0.333. The maximum absolute atomic E-state index is 13.3. The van der Waals surface area contributed by atoms with Crippen molar-refractivity contribution in [3.05, 3.63) is 59.8 Å². The first kappa shape index (κ1) is 14.7. The quantitative estimate of drug-likeness (QED) is 0.851. The van der Waals surface area contributed by atoms with E-state index in [9.17, 15) is 8.42 Å². The largest absolute Gasteiger partial charge is 0.302 e. The second kappa shape index (κ2) is 5.35. The van der Waals surface area contributed by atoms with Crippen LogP contribution >= 0.6 is 0 Å². The zero-order chi connectivity index (χ0) is 16.0. The Kier molecular flexibility index (Phi) is 3.43. The van der Waals surface area contributed by atoms with Gasteiger partial charge in [0.2, 0.25) is 10.0 Å². The molecule has 1 aromatic carbocycles. The van der Waals surface area contributed by atoms with Crippen molar-refractivity contribution >= 4 is 20.9 Å². The Hall–Kier alpha value is -1.85. The van der Waals surface area contributed by atoms with Crippen molar-refractivity contribution in [2.75, 3.05) is 13.6 Å². The summed E-state index contributed by atoms with van der Waals surface area (Å²) in [6.45, 7) is 1.69.